The zero-order valence-corrected chi connectivity index (χ0v) is 11.3. The number of aliphatic hydroxyl groups is 1. The van der Waals surface area contributed by atoms with Crippen LogP contribution in [-0.4, -0.2) is 37.8 Å². The fourth-order valence-corrected chi connectivity index (χ4v) is 2.16. The quantitative estimate of drug-likeness (QED) is 0.776. The van der Waals surface area contributed by atoms with Gasteiger partial charge in [0.15, 0.2) is 0 Å². The van der Waals surface area contributed by atoms with Gasteiger partial charge in [0.25, 0.3) is 0 Å². The Bertz CT molecular complexity index is 646. The number of allylic oxidation sites excluding steroid dienone is 1. The molecule has 0 saturated heterocycles. The third-order valence-electron chi connectivity index (χ3n) is 3.21. The molecule has 0 bridgehead atoms. The molecule has 0 spiro atoms. The number of aliphatic hydroxyl groups excluding tert-OH is 1. The number of rotatable bonds is 6. The van der Waals surface area contributed by atoms with Gasteiger partial charge in [0.1, 0.15) is 5.52 Å². The Morgan fingerprint density at radius 3 is 2.95 bits per heavy atom. The minimum Gasteiger partial charge on any atom is -0.478 e. The zero-order valence-electron chi connectivity index (χ0n) is 11.3. The molecule has 6 heteroatoms. The lowest BCUT2D eigenvalue weighted by molar-refractivity contribution is -0.131. The highest BCUT2D eigenvalue weighted by Crippen LogP contribution is 2.20. The van der Waals surface area contributed by atoms with Crippen LogP contribution in [0.25, 0.3) is 11.0 Å². The number of benzene rings is 1. The van der Waals surface area contributed by atoms with E-state index < -0.39 is 5.97 Å². The molecule has 0 amide bonds. The molecule has 20 heavy (non-hydrogen) atoms. The number of carboxylic acid groups (broad SMARTS) is 1. The predicted octanol–water partition coefficient (Wildman–Crippen LogP) is 1.31. The van der Waals surface area contributed by atoms with E-state index in [1.165, 1.54) is 0 Å². The fraction of sp³-hybridized carbons (Fsp3) is 0.357. The molecule has 0 aliphatic heterocycles. The van der Waals surface area contributed by atoms with Gasteiger partial charge < -0.3 is 10.2 Å². The summed E-state index contributed by atoms with van der Waals surface area (Å²) in [6.07, 6.45) is 4.24. The maximum absolute atomic E-state index is 10.4. The SMILES string of the molecule is Cc1c(CC/C=C/C(=O)O)ccc2c1nnn2CCO. The number of hydrogen-bond acceptors (Lipinski definition) is 4. The van der Waals surface area contributed by atoms with E-state index in [4.69, 9.17) is 10.2 Å². The lowest BCUT2D eigenvalue weighted by atomic mass is 10.0. The molecule has 0 radical (unpaired) electrons. The maximum Gasteiger partial charge on any atom is 0.327 e. The predicted molar refractivity (Wildman–Crippen MR) is 74.4 cm³/mol. The third kappa shape index (κ3) is 3.03. The molecule has 0 fully saturated rings. The third-order valence-corrected chi connectivity index (χ3v) is 3.21. The number of aromatic nitrogens is 3. The first-order chi connectivity index (χ1) is 9.63. The van der Waals surface area contributed by atoms with Gasteiger partial charge in [-0.2, -0.15) is 0 Å². The van der Waals surface area contributed by atoms with E-state index in [9.17, 15) is 4.79 Å². The normalized spacial score (nSPS) is 11.5. The van der Waals surface area contributed by atoms with Crippen molar-refractivity contribution in [3.8, 4) is 0 Å². The van der Waals surface area contributed by atoms with Crippen LogP contribution in [0.15, 0.2) is 24.3 Å². The molecule has 6 nitrogen and oxygen atoms in total. The molecule has 2 aromatic rings. The average Bonchev–Trinajstić information content (AvgIpc) is 2.81. The summed E-state index contributed by atoms with van der Waals surface area (Å²) in [6.45, 7) is 2.44. The van der Waals surface area contributed by atoms with Gasteiger partial charge in [-0.1, -0.05) is 17.4 Å². The van der Waals surface area contributed by atoms with E-state index >= 15 is 0 Å². The number of carbonyl (C=O) groups is 1. The van der Waals surface area contributed by atoms with Gasteiger partial charge in [-0.25, -0.2) is 9.48 Å². The minimum absolute atomic E-state index is 0.0270. The van der Waals surface area contributed by atoms with Gasteiger partial charge in [0, 0.05) is 6.08 Å². The molecule has 1 aromatic carbocycles. The summed E-state index contributed by atoms with van der Waals surface area (Å²) in [5, 5.41) is 25.7. The van der Waals surface area contributed by atoms with Crippen LogP contribution in [0.1, 0.15) is 17.5 Å². The highest BCUT2D eigenvalue weighted by atomic mass is 16.4. The van der Waals surface area contributed by atoms with Crippen molar-refractivity contribution in [3.05, 3.63) is 35.4 Å². The topological polar surface area (TPSA) is 88.2 Å². The van der Waals surface area contributed by atoms with Crippen LogP contribution in [0.4, 0.5) is 0 Å². The van der Waals surface area contributed by atoms with E-state index in [-0.39, 0.29) is 6.61 Å². The first kappa shape index (κ1) is 14.2. The Labute approximate surface area is 116 Å². The van der Waals surface area contributed by atoms with Crippen molar-refractivity contribution in [2.45, 2.75) is 26.3 Å². The number of carboxylic acids is 1. The largest absolute Gasteiger partial charge is 0.478 e. The maximum atomic E-state index is 10.4. The number of nitrogens with zero attached hydrogens (tertiary/aromatic N) is 3. The second kappa shape index (κ2) is 6.29. The number of fused-ring (bicyclic) bond motifs is 1. The summed E-state index contributed by atoms with van der Waals surface area (Å²) in [6, 6.07) is 3.94. The van der Waals surface area contributed by atoms with E-state index in [0.29, 0.717) is 13.0 Å². The Hall–Kier alpha value is -2.21. The standard InChI is InChI=1S/C14H17N3O3/c1-10-11(4-2-3-5-13(19)20)6-7-12-14(10)15-16-17(12)8-9-18/h3,5-7,18H,2,4,8-9H2,1H3,(H,19,20)/b5-3+. The second-order valence-corrected chi connectivity index (χ2v) is 4.53. The Morgan fingerprint density at radius 2 is 2.25 bits per heavy atom. The summed E-state index contributed by atoms with van der Waals surface area (Å²) < 4.78 is 1.68. The zero-order chi connectivity index (χ0) is 14.5. The average molecular weight is 275 g/mol. The Balaban J connectivity index is 2.19. The van der Waals surface area contributed by atoms with Crippen LogP contribution in [0.5, 0.6) is 0 Å². The van der Waals surface area contributed by atoms with Crippen molar-refractivity contribution >= 4 is 17.0 Å². The van der Waals surface area contributed by atoms with Gasteiger partial charge in [-0.15, -0.1) is 5.10 Å². The first-order valence-electron chi connectivity index (χ1n) is 6.45. The summed E-state index contributed by atoms with van der Waals surface area (Å²) >= 11 is 0. The molecular weight excluding hydrogens is 258 g/mol. The van der Waals surface area contributed by atoms with Crippen LogP contribution in [0.2, 0.25) is 0 Å². The van der Waals surface area contributed by atoms with Crippen molar-refractivity contribution in [1.29, 1.82) is 0 Å². The minimum atomic E-state index is -0.927. The molecule has 2 N–H and O–H groups in total. The lowest BCUT2D eigenvalue weighted by Gasteiger charge is -2.05. The summed E-state index contributed by atoms with van der Waals surface area (Å²) in [5.74, 6) is -0.927. The van der Waals surface area contributed by atoms with Crippen molar-refractivity contribution in [2.24, 2.45) is 0 Å². The molecule has 1 heterocycles. The van der Waals surface area contributed by atoms with Crippen LogP contribution in [0.3, 0.4) is 0 Å². The van der Waals surface area contributed by atoms with Gasteiger partial charge >= 0.3 is 5.97 Å². The van der Waals surface area contributed by atoms with Gasteiger partial charge in [-0.05, 0) is 37.0 Å². The Morgan fingerprint density at radius 1 is 1.45 bits per heavy atom. The number of hydrogen-bond donors (Lipinski definition) is 2. The van der Waals surface area contributed by atoms with Crippen LogP contribution < -0.4 is 0 Å². The lowest BCUT2D eigenvalue weighted by Crippen LogP contribution is -2.03. The summed E-state index contributed by atoms with van der Waals surface area (Å²) in [7, 11) is 0. The van der Waals surface area contributed by atoms with Crippen molar-refractivity contribution in [3.63, 3.8) is 0 Å². The van der Waals surface area contributed by atoms with E-state index in [0.717, 1.165) is 34.7 Å². The highest BCUT2D eigenvalue weighted by Gasteiger charge is 2.09. The van der Waals surface area contributed by atoms with Crippen molar-refractivity contribution in [1.82, 2.24) is 15.0 Å². The van der Waals surface area contributed by atoms with Gasteiger partial charge in [-0.3, -0.25) is 0 Å². The van der Waals surface area contributed by atoms with Crippen LogP contribution in [-0.2, 0) is 17.8 Å². The molecule has 2 rings (SSSR count). The molecule has 0 aliphatic rings. The number of aryl methyl sites for hydroxylation is 2. The molecular formula is C14H17N3O3. The van der Waals surface area contributed by atoms with E-state index in [1.54, 1.807) is 10.8 Å². The van der Waals surface area contributed by atoms with E-state index in [2.05, 4.69) is 10.3 Å². The number of aliphatic carboxylic acids is 1. The summed E-state index contributed by atoms with van der Waals surface area (Å²) in [4.78, 5) is 10.4. The molecule has 0 unspecified atom stereocenters. The molecule has 0 aliphatic carbocycles. The van der Waals surface area contributed by atoms with Crippen LogP contribution in [0, 0.1) is 6.92 Å². The molecule has 106 valence electrons. The first-order valence-corrected chi connectivity index (χ1v) is 6.45. The van der Waals surface area contributed by atoms with Gasteiger partial charge in [0.2, 0.25) is 0 Å². The molecule has 1 aromatic heterocycles. The molecule has 0 atom stereocenters. The Kier molecular flexibility index (Phi) is 4.47. The van der Waals surface area contributed by atoms with Gasteiger partial charge in [0.05, 0.1) is 18.7 Å². The van der Waals surface area contributed by atoms with E-state index in [1.807, 2.05) is 19.1 Å². The van der Waals surface area contributed by atoms with Crippen LogP contribution >= 0.6 is 0 Å². The van der Waals surface area contributed by atoms with Crippen molar-refractivity contribution in [2.75, 3.05) is 6.61 Å². The highest BCUT2D eigenvalue weighted by molar-refractivity contribution is 5.80. The molecule has 0 saturated carbocycles. The summed E-state index contributed by atoms with van der Waals surface area (Å²) in [5.41, 5.74) is 3.92. The smallest absolute Gasteiger partial charge is 0.327 e. The van der Waals surface area contributed by atoms with Crippen molar-refractivity contribution < 1.29 is 15.0 Å². The fourth-order valence-electron chi connectivity index (χ4n) is 2.16. The second-order valence-electron chi connectivity index (χ2n) is 4.53. The monoisotopic (exact) mass is 275 g/mol.